The molecule has 0 aliphatic rings. The number of amides is 1. The Balaban J connectivity index is 1.72. The van der Waals surface area contributed by atoms with E-state index in [-0.39, 0.29) is 5.91 Å². The third-order valence-electron chi connectivity index (χ3n) is 3.30. The van der Waals surface area contributed by atoms with Gasteiger partial charge in [0, 0.05) is 11.2 Å². The molecule has 0 aliphatic carbocycles. The van der Waals surface area contributed by atoms with E-state index in [1.165, 1.54) is 0 Å². The average Bonchev–Trinajstić information content (AvgIpc) is 2.97. The third kappa shape index (κ3) is 3.73. The molecule has 0 spiro atoms. The highest BCUT2D eigenvalue weighted by atomic mass is 35.5. The van der Waals surface area contributed by atoms with Crippen LogP contribution in [-0.4, -0.2) is 15.7 Å². The van der Waals surface area contributed by atoms with Crippen molar-refractivity contribution >= 4 is 34.8 Å². The summed E-state index contributed by atoms with van der Waals surface area (Å²) in [5, 5.41) is 8.11. The minimum atomic E-state index is -0.270. The second-order valence-electron chi connectivity index (χ2n) is 4.95. The standard InChI is InChI=1S/C17H13Cl2N3O/c18-15-7-3-1-5-12(15)10-22-11-13(9-20-22)21-17(23)14-6-2-4-8-16(14)19/h1-9,11H,10H2,(H,21,23). The molecule has 4 nitrogen and oxygen atoms in total. The Labute approximate surface area is 143 Å². The number of hydrogen-bond acceptors (Lipinski definition) is 2. The van der Waals surface area contributed by atoms with E-state index in [0.29, 0.717) is 27.8 Å². The maximum atomic E-state index is 12.2. The SMILES string of the molecule is O=C(Nc1cnn(Cc2ccccc2Cl)c1)c1ccccc1Cl. The molecule has 116 valence electrons. The molecule has 0 saturated carbocycles. The number of benzene rings is 2. The summed E-state index contributed by atoms with van der Waals surface area (Å²) in [5.74, 6) is -0.270. The predicted molar refractivity (Wildman–Crippen MR) is 92.2 cm³/mol. The number of nitrogens with zero attached hydrogens (tertiary/aromatic N) is 2. The van der Waals surface area contributed by atoms with Crippen molar-refractivity contribution in [2.45, 2.75) is 6.54 Å². The number of halogens is 2. The van der Waals surface area contributed by atoms with E-state index in [4.69, 9.17) is 23.2 Å². The van der Waals surface area contributed by atoms with Crippen molar-refractivity contribution < 1.29 is 4.79 Å². The molecule has 0 atom stereocenters. The number of anilines is 1. The molecular formula is C17H13Cl2N3O. The van der Waals surface area contributed by atoms with Crippen molar-refractivity contribution in [1.29, 1.82) is 0 Å². The number of hydrogen-bond donors (Lipinski definition) is 1. The van der Waals surface area contributed by atoms with Gasteiger partial charge < -0.3 is 5.32 Å². The Morgan fingerprint density at radius 1 is 1.04 bits per heavy atom. The van der Waals surface area contributed by atoms with Crippen LogP contribution in [0.1, 0.15) is 15.9 Å². The lowest BCUT2D eigenvalue weighted by Gasteiger charge is -2.05. The first-order valence-electron chi connectivity index (χ1n) is 6.95. The molecule has 1 heterocycles. The molecule has 1 N–H and O–H groups in total. The van der Waals surface area contributed by atoms with Crippen LogP contribution in [0.4, 0.5) is 5.69 Å². The Morgan fingerprint density at radius 2 is 1.74 bits per heavy atom. The molecule has 0 saturated heterocycles. The van der Waals surface area contributed by atoms with Crippen molar-refractivity contribution in [1.82, 2.24) is 9.78 Å². The van der Waals surface area contributed by atoms with E-state index >= 15 is 0 Å². The zero-order valence-corrected chi connectivity index (χ0v) is 13.6. The Morgan fingerprint density at radius 3 is 2.48 bits per heavy atom. The number of aromatic nitrogens is 2. The van der Waals surface area contributed by atoms with E-state index in [1.54, 1.807) is 41.3 Å². The van der Waals surface area contributed by atoms with Crippen LogP contribution in [-0.2, 0) is 6.54 Å². The predicted octanol–water partition coefficient (Wildman–Crippen LogP) is 4.49. The minimum absolute atomic E-state index is 0.270. The molecule has 1 aromatic heterocycles. The van der Waals surface area contributed by atoms with Crippen LogP contribution in [0.25, 0.3) is 0 Å². The summed E-state index contributed by atoms with van der Waals surface area (Å²) in [6, 6.07) is 14.5. The molecular weight excluding hydrogens is 333 g/mol. The minimum Gasteiger partial charge on any atom is -0.319 e. The van der Waals surface area contributed by atoms with Crippen molar-refractivity contribution in [2.24, 2.45) is 0 Å². The van der Waals surface area contributed by atoms with Crippen molar-refractivity contribution in [3.63, 3.8) is 0 Å². The highest BCUT2D eigenvalue weighted by Crippen LogP contribution is 2.19. The van der Waals surface area contributed by atoms with E-state index in [9.17, 15) is 4.79 Å². The van der Waals surface area contributed by atoms with Gasteiger partial charge in [-0.05, 0) is 23.8 Å². The van der Waals surface area contributed by atoms with Gasteiger partial charge in [-0.25, -0.2) is 0 Å². The number of rotatable bonds is 4. The Kier molecular flexibility index (Phi) is 4.65. The van der Waals surface area contributed by atoms with Crippen molar-refractivity contribution in [3.8, 4) is 0 Å². The molecule has 23 heavy (non-hydrogen) atoms. The monoisotopic (exact) mass is 345 g/mol. The summed E-state index contributed by atoms with van der Waals surface area (Å²) in [6.45, 7) is 0.529. The Hall–Kier alpha value is -2.30. The van der Waals surface area contributed by atoms with E-state index in [1.807, 2.05) is 24.3 Å². The fourth-order valence-electron chi connectivity index (χ4n) is 2.16. The molecule has 0 bridgehead atoms. The van der Waals surface area contributed by atoms with Crippen LogP contribution in [0.3, 0.4) is 0 Å². The van der Waals surface area contributed by atoms with Gasteiger partial charge in [0.05, 0.1) is 29.0 Å². The molecule has 0 radical (unpaired) electrons. The maximum absolute atomic E-state index is 12.2. The lowest BCUT2D eigenvalue weighted by atomic mass is 10.2. The van der Waals surface area contributed by atoms with Crippen molar-refractivity contribution in [2.75, 3.05) is 5.32 Å². The first-order chi connectivity index (χ1) is 11.1. The van der Waals surface area contributed by atoms with Gasteiger partial charge in [-0.2, -0.15) is 5.10 Å². The number of nitrogens with one attached hydrogen (secondary N) is 1. The molecule has 1 amide bonds. The number of carbonyl (C=O) groups is 1. The summed E-state index contributed by atoms with van der Waals surface area (Å²) in [4.78, 5) is 12.2. The summed E-state index contributed by atoms with van der Waals surface area (Å²) < 4.78 is 1.71. The zero-order valence-electron chi connectivity index (χ0n) is 12.0. The number of carbonyl (C=O) groups excluding carboxylic acids is 1. The highest BCUT2D eigenvalue weighted by Gasteiger charge is 2.11. The van der Waals surface area contributed by atoms with Gasteiger partial charge >= 0.3 is 0 Å². The summed E-state index contributed by atoms with van der Waals surface area (Å²) in [7, 11) is 0. The van der Waals surface area contributed by atoms with E-state index < -0.39 is 0 Å². The maximum Gasteiger partial charge on any atom is 0.257 e. The second-order valence-corrected chi connectivity index (χ2v) is 5.77. The molecule has 0 aliphatic heterocycles. The summed E-state index contributed by atoms with van der Waals surface area (Å²) in [6.07, 6.45) is 3.34. The lowest BCUT2D eigenvalue weighted by Crippen LogP contribution is -2.11. The normalized spacial score (nSPS) is 10.5. The first kappa shape index (κ1) is 15.6. The van der Waals surface area contributed by atoms with E-state index in [0.717, 1.165) is 5.56 Å². The van der Waals surface area contributed by atoms with Gasteiger partial charge in [0.1, 0.15) is 0 Å². The fourth-order valence-corrected chi connectivity index (χ4v) is 2.58. The largest absolute Gasteiger partial charge is 0.319 e. The zero-order chi connectivity index (χ0) is 16.2. The second kappa shape index (κ2) is 6.86. The molecule has 3 rings (SSSR count). The summed E-state index contributed by atoms with van der Waals surface area (Å²) >= 11 is 12.2. The highest BCUT2D eigenvalue weighted by molar-refractivity contribution is 6.34. The fraction of sp³-hybridized carbons (Fsp3) is 0.0588. The van der Waals surface area contributed by atoms with Gasteiger partial charge in [0.15, 0.2) is 0 Å². The first-order valence-corrected chi connectivity index (χ1v) is 7.71. The third-order valence-corrected chi connectivity index (χ3v) is 4.00. The topological polar surface area (TPSA) is 46.9 Å². The van der Waals surface area contributed by atoms with Crippen LogP contribution in [0, 0.1) is 0 Å². The van der Waals surface area contributed by atoms with E-state index in [2.05, 4.69) is 10.4 Å². The lowest BCUT2D eigenvalue weighted by molar-refractivity contribution is 0.102. The van der Waals surface area contributed by atoms with Crippen LogP contribution in [0.5, 0.6) is 0 Å². The van der Waals surface area contributed by atoms with Gasteiger partial charge in [0.25, 0.3) is 5.91 Å². The average molecular weight is 346 g/mol. The smallest absolute Gasteiger partial charge is 0.257 e. The molecule has 2 aromatic carbocycles. The Bertz CT molecular complexity index is 845. The van der Waals surface area contributed by atoms with Gasteiger partial charge in [-0.3, -0.25) is 9.48 Å². The van der Waals surface area contributed by atoms with Crippen LogP contribution < -0.4 is 5.32 Å². The molecule has 0 fully saturated rings. The van der Waals surface area contributed by atoms with Gasteiger partial charge in [0.2, 0.25) is 0 Å². The quantitative estimate of drug-likeness (QED) is 0.757. The van der Waals surface area contributed by atoms with Gasteiger partial charge in [-0.1, -0.05) is 53.5 Å². The van der Waals surface area contributed by atoms with Crippen molar-refractivity contribution in [3.05, 3.63) is 82.1 Å². The molecule has 3 aromatic rings. The summed E-state index contributed by atoms with van der Waals surface area (Å²) in [5.41, 5.74) is 1.98. The van der Waals surface area contributed by atoms with Crippen LogP contribution in [0.15, 0.2) is 60.9 Å². The van der Waals surface area contributed by atoms with Gasteiger partial charge in [-0.15, -0.1) is 0 Å². The van der Waals surface area contributed by atoms with Crippen LogP contribution in [0.2, 0.25) is 10.0 Å². The van der Waals surface area contributed by atoms with Crippen LogP contribution >= 0.6 is 23.2 Å². The molecule has 6 heteroatoms. The molecule has 0 unspecified atom stereocenters.